The van der Waals surface area contributed by atoms with E-state index in [0.717, 1.165) is 93.6 Å². The fourth-order valence-electron chi connectivity index (χ4n) is 10.1. The molecule has 0 saturated heterocycles. The highest BCUT2D eigenvalue weighted by Gasteiger charge is 2.28. The lowest BCUT2D eigenvalue weighted by Gasteiger charge is -2.30. The largest absolute Gasteiger partial charge is 0.444 e. The number of fused-ring (bicyclic) bond motifs is 8. The number of amides is 1. The number of nitrogens with zero attached hydrogens (tertiary/aromatic N) is 11. The first kappa shape index (κ1) is 40.9. The fraction of sp³-hybridized carbons (Fsp3) is 0.408. The molecule has 0 bridgehead atoms. The van der Waals surface area contributed by atoms with Crippen LogP contribution in [0.2, 0.25) is 0 Å². The van der Waals surface area contributed by atoms with Gasteiger partial charge in [-0.1, -0.05) is 37.8 Å². The van der Waals surface area contributed by atoms with E-state index >= 15 is 0 Å². The van der Waals surface area contributed by atoms with E-state index in [-0.39, 0.29) is 6.09 Å². The molecular formula is C49H54N14O2. The van der Waals surface area contributed by atoms with Crippen LogP contribution in [0.3, 0.4) is 0 Å². The van der Waals surface area contributed by atoms with E-state index in [1.807, 2.05) is 82.2 Å². The number of rotatable bonds is 6. The molecule has 2 aliphatic heterocycles. The van der Waals surface area contributed by atoms with Crippen molar-refractivity contribution in [3.05, 3.63) is 96.1 Å². The van der Waals surface area contributed by atoms with Gasteiger partial charge in [-0.05, 0) is 81.8 Å². The van der Waals surface area contributed by atoms with Gasteiger partial charge in [-0.3, -0.25) is 9.97 Å². The minimum atomic E-state index is -0.509. The maximum Gasteiger partial charge on any atom is 0.410 e. The van der Waals surface area contributed by atoms with E-state index in [2.05, 4.69) is 57.2 Å². The van der Waals surface area contributed by atoms with Crippen LogP contribution in [0, 0.1) is 0 Å². The van der Waals surface area contributed by atoms with Crippen molar-refractivity contribution in [2.45, 2.75) is 116 Å². The molecule has 16 nitrogen and oxygen atoms in total. The quantitative estimate of drug-likeness (QED) is 0.144. The summed E-state index contributed by atoms with van der Waals surface area (Å²) in [5.74, 6) is 2.62. The van der Waals surface area contributed by atoms with Gasteiger partial charge >= 0.3 is 6.09 Å². The van der Waals surface area contributed by atoms with Crippen LogP contribution in [-0.2, 0) is 30.7 Å². The van der Waals surface area contributed by atoms with Gasteiger partial charge in [0.15, 0.2) is 0 Å². The Morgan fingerprint density at radius 1 is 0.662 bits per heavy atom. The molecule has 0 unspecified atom stereocenters. The monoisotopic (exact) mass is 870 g/mol. The van der Waals surface area contributed by atoms with E-state index in [1.165, 1.54) is 49.5 Å². The zero-order valence-electron chi connectivity index (χ0n) is 37.2. The summed E-state index contributed by atoms with van der Waals surface area (Å²) in [5.41, 5.74) is 8.12. The summed E-state index contributed by atoms with van der Waals surface area (Å²) in [4.78, 5) is 51.6. The summed E-state index contributed by atoms with van der Waals surface area (Å²) in [6.45, 7) is 8.58. The van der Waals surface area contributed by atoms with Crippen LogP contribution in [0.1, 0.15) is 107 Å². The standard InChI is InChI=1S/C27H31N7O2.C22H23N7/c1-27(2,3)36-26(35)33-13-11-21-17(16-33)8-9-23(30-21)31-25-29-14-20-19-10-12-28-15-22(19)34(24(20)32-25)18-6-4-5-7-18;1-2-4-15(3-1)29-19-13-24-9-7-16(19)17-12-25-22(28-21(17)29)27-20-6-5-14-11-23-10-8-18(14)26-20/h8-10,12,14-15,18H,4-7,11,13,16H2,1-3H3,(H,29,30,31,32);5-7,9,12-13,15,23H,1-4,8,10-11H2,(H,25,26,27,28). The Morgan fingerprint density at radius 2 is 1.20 bits per heavy atom. The fourth-order valence-corrected chi connectivity index (χ4v) is 10.1. The molecule has 8 aromatic heterocycles. The molecule has 2 aliphatic carbocycles. The van der Waals surface area contributed by atoms with Gasteiger partial charge in [-0.25, -0.2) is 24.7 Å². The van der Waals surface area contributed by atoms with E-state index < -0.39 is 5.60 Å². The highest BCUT2D eigenvalue weighted by atomic mass is 16.6. The first-order chi connectivity index (χ1) is 31.7. The van der Waals surface area contributed by atoms with Crippen LogP contribution in [0.15, 0.2) is 73.6 Å². The van der Waals surface area contributed by atoms with Gasteiger partial charge in [0.2, 0.25) is 11.9 Å². The topological polar surface area (TPSA) is 179 Å². The summed E-state index contributed by atoms with van der Waals surface area (Å²) in [7, 11) is 0. The van der Waals surface area contributed by atoms with Gasteiger partial charge in [0, 0.05) is 102 Å². The number of anilines is 4. The second kappa shape index (κ2) is 17.0. The molecule has 65 heavy (non-hydrogen) atoms. The van der Waals surface area contributed by atoms with Gasteiger partial charge in [0.05, 0.1) is 30.0 Å². The van der Waals surface area contributed by atoms with Gasteiger partial charge < -0.3 is 34.7 Å². The van der Waals surface area contributed by atoms with Crippen molar-refractivity contribution in [2.24, 2.45) is 0 Å². The third-order valence-corrected chi connectivity index (χ3v) is 13.2. The Kier molecular flexibility index (Phi) is 10.7. The lowest BCUT2D eigenvalue weighted by Crippen LogP contribution is -2.40. The number of hydrogen-bond acceptors (Lipinski definition) is 13. The first-order valence-corrected chi connectivity index (χ1v) is 23.1. The molecule has 332 valence electrons. The molecule has 10 heterocycles. The van der Waals surface area contributed by atoms with Crippen LogP contribution in [0.5, 0.6) is 0 Å². The summed E-state index contributed by atoms with van der Waals surface area (Å²) in [5, 5.41) is 14.5. The number of ether oxygens (including phenoxy) is 1. The van der Waals surface area contributed by atoms with Crippen LogP contribution >= 0.6 is 0 Å². The Hall–Kier alpha value is -6.81. The minimum absolute atomic E-state index is 0.287. The van der Waals surface area contributed by atoms with E-state index in [0.29, 0.717) is 49.3 Å². The van der Waals surface area contributed by atoms with Crippen molar-refractivity contribution in [3.8, 4) is 0 Å². The Bertz CT molecular complexity index is 3070. The number of aromatic nitrogens is 10. The second-order valence-corrected chi connectivity index (χ2v) is 18.7. The molecule has 3 N–H and O–H groups in total. The lowest BCUT2D eigenvalue weighted by atomic mass is 10.1. The van der Waals surface area contributed by atoms with Crippen molar-refractivity contribution >= 4 is 73.5 Å². The first-order valence-electron chi connectivity index (χ1n) is 23.1. The zero-order valence-corrected chi connectivity index (χ0v) is 37.2. The molecule has 4 aliphatic rings. The number of carbonyl (C=O) groups is 1. The molecular weight excluding hydrogens is 817 g/mol. The van der Waals surface area contributed by atoms with Gasteiger partial charge in [0.1, 0.15) is 28.5 Å². The summed E-state index contributed by atoms with van der Waals surface area (Å²) in [6.07, 6.45) is 22.5. The molecule has 0 spiro atoms. The maximum atomic E-state index is 12.5. The molecule has 0 atom stereocenters. The number of nitrogens with one attached hydrogen (secondary N) is 3. The predicted molar refractivity (Wildman–Crippen MR) is 251 cm³/mol. The Labute approximate surface area is 376 Å². The lowest BCUT2D eigenvalue weighted by molar-refractivity contribution is 0.0223. The maximum absolute atomic E-state index is 12.5. The Morgan fingerprint density at radius 3 is 1.75 bits per heavy atom. The highest BCUT2D eigenvalue weighted by Crippen LogP contribution is 2.39. The van der Waals surface area contributed by atoms with Crippen LogP contribution < -0.4 is 16.0 Å². The van der Waals surface area contributed by atoms with Crippen molar-refractivity contribution in [3.63, 3.8) is 0 Å². The zero-order chi connectivity index (χ0) is 44.1. The minimum Gasteiger partial charge on any atom is -0.444 e. The second-order valence-electron chi connectivity index (χ2n) is 18.7. The third-order valence-electron chi connectivity index (χ3n) is 13.2. The van der Waals surface area contributed by atoms with Crippen LogP contribution in [0.4, 0.5) is 28.3 Å². The third kappa shape index (κ3) is 8.15. The number of carbonyl (C=O) groups excluding carboxylic acids is 1. The average Bonchev–Trinajstić information content (AvgIpc) is 4.15. The molecule has 12 rings (SSSR count). The molecule has 0 aromatic carbocycles. The Balaban J connectivity index is 0.000000147. The van der Waals surface area contributed by atoms with Crippen molar-refractivity contribution in [2.75, 3.05) is 23.7 Å². The molecule has 8 aromatic rings. The molecule has 1 amide bonds. The van der Waals surface area contributed by atoms with Crippen LogP contribution in [0.25, 0.3) is 43.9 Å². The van der Waals surface area contributed by atoms with Crippen LogP contribution in [-0.4, -0.2) is 78.7 Å². The summed E-state index contributed by atoms with van der Waals surface area (Å²) in [6, 6.07) is 13.1. The predicted octanol–water partition coefficient (Wildman–Crippen LogP) is 9.41. The molecule has 0 radical (unpaired) electrons. The van der Waals surface area contributed by atoms with E-state index in [1.54, 1.807) is 4.90 Å². The summed E-state index contributed by atoms with van der Waals surface area (Å²) < 4.78 is 10.3. The SMILES string of the molecule is CC(C)(C)OC(=O)N1CCc2nc(Nc3ncc4c5ccncc5n(C5CCCC5)c4n3)ccc2C1.c1cc2c3cnc(Nc4ccc5c(n4)CCNC5)nc3n(C3CCCC3)c2cn1. The van der Waals surface area contributed by atoms with E-state index in [4.69, 9.17) is 24.7 Å². The normalized spacial score (nSPS) is 16.8. The molecule has 16 heteroatoms. The van der Waals surface area contributed by atoms with Gasteiger partial charge in [-0.2, -0.15) is 9.97 Å². The van der Waals surface area contributed by atoms with Crippen molar-refractivity contribution < 1.29 is 9.53 Å². The number of pyridine rings is 4. The van der Waals surface area contributed by atoms with E-state index in [9.17, 15) is 4.79 Å². The van der Waals surface area contributed by atoms with Gasteiger partial charge in [0.25, 0.3) is 0 Å². The highest BCUT2D eigenvalue weighted by molar-refractivity contribution is 6.07. The number of hydrogen-bond donors (Lipinski definition) is 3. The van der Waals surface area contributed by atoms with Gasteiger partial charge in [-0.15, -0.1) is 0 Å². The smallest absolute Gasteiger partial charge is 0.410 e. The average molecular weight is 871 g/mol. The summed E-state index contributed by atoms with van der Waals surface area (Å²) >= 11 is 0. The molecule has 2 saturated carbocycles. The van der Waals surface area contributed by atoms with Crippen molar-refractivity contribution in [1.82, 2.24) is 59.2 Å². The van der Waals surface area contributed by atoms with Crippen molar-refractivity contribution in [1.29, 1.82) is 0 Å². The molecule has 2 fully saturated rings.